The first-order valence-electron chi connectivity index (χ1n) is 8.02. The van der Waals surface area contributed by atoms with Gasteiger partial charge in [-0.15, -0.1) is 0 Å². The molecule has 3 aromatic rings. The quantitative estimate of drug-likeness (QED) is 0.674. The molecule has 2 N–H and O–H groups in total. The Kier molecular flexibility index (Phi) is 4.79. The van der Waals surface area contributed by atoms with Gasteiger partial charge in [0.05, 0.1) is 5.39 Å². The molecule has 0 saturated carbocycles. The summed E-state index contributed by atoms with van der Waals surface area (Å²) in [6.07, 6.45) is 3.25. The molecule has 0 radical (unpaired) electrons. The third-order valence-corrected chi connectivity index (χ3v) is 3.52. The van der Waals surface area contributed by atoms with E-state index in [4.69, 9.17) is 0 Å². The lowest BCUT2D eigenvalue weighted by molar-refractivity contribution is 0.767. The SMILES string of the molecule is Cc1cc(NCCNc2ncnc3ncccc23)nc(C(C)C)n1. The fourth-order valence-electron chi connectivity index (χ4n) is 2.35. The highest BCUT2D eigenvalue weighted by molar-refractivity contribution is 5.85. The molecule has 0 fully saturated rings. The van der Waals surface area contributed by atoms with Gasteiger partial charge in [0.2, 0.25) is 0 Å². The minimum atomic E-state index is 0.309. The second-order valence-corrected chi connectivity index (χ2v) is 5.86. The van der Waals surface area contributed by atoms with E-state index < -0.39 is 0 Å². The lowest BCUT2D eigenvalue weighted by atomic mass is 10.2. The van der Waals surface area contributed by atoms with Crippen LogP contribution in [0.4, 0.5) is 11.6 Å². The number of fused-ring (bicyclic) bond motifs is 1. The maximum atomic E-state index is 4.54. The summed E-state index contributed by atoms with van der Waals surface area (Å²) in [5.41, 5.74) is 1.66. The number of aryl methyl sites for hydroxylation is 1. The summed E-state index contributed by atoms with van der Waals surface area (Å²) in [7, 11) is 0. The van der Waals surface area contributed by atoms with Crippen molar-refractivity contribution >= 4 is 22.7 Å². The minimum absolute atomic E-state index is 0.309. The topological polar surface area (TPSA) is 88.5 Å². The summed E-state index contributed by atoms with van der Waals surface area (Å²) in [6.45, 7) is 7.60. The summed E-state index contributed by atoms with van der Waals surface area (Å²) < 4.78 is 0. The molecule has 3 rings (SSSR count). The van der Waals surface area contributed by atoms with Crippen molar-refractivity contribution < 1.29 is 0 Å². The molecule has 0 aliphatic rings. The average molecular weight is 323 g/mol. The molecular weight excluding hydrogens is 302 g/mol. The Morgan fingerprint density at radius 2 is 1.88 bits per heavy atom. The van der Waals surface area contributed by atoms with Crippen molar-refractivity contribution in [3.63, 3.8) is 0 Å². The Labute approximate surface area is 141 Å². The van der Waals surface area contributed by atoms with Gasteiger partial charge < -0.3 is 10.6 Å². The number of anilines is 2. The summed E-state index contributed by atoms with van der Waals surface area (Å²) in [5, 5.41) is 7.56. The Balaban J connectivity index is 1.61. The molecule has 0 amide bonds. The smallest absolute Gasteiger partial charge is 0.164 e. The van der Waals surface area contributed by atoms with Crippen molar-refractivity contribution in [2.24, 2.45) is 0 Å². The van der Waals surface area contributed by atoms with Gasteiger partial charge in [0.25, 0.3) is 0 Å². The van der Waals surface area contributed by atoms with Gasteiger partial charge in [-0.25, -0.2) is 24.9 Å². The molecule has 3 aromatic heterocycles. The molecule has 0 aromatic carbocycles. The van der Waals surface area contributed by atoms with Crippen LogP contribution >= 0.6 is 0 Å². The van der Waals surface area contributed by atoms with E-state index >= 15 is 0 Å². The van der Waals surface area contributed by atoms with E-state index in [0.29, 0.717) is 18.1 Å². The van der Waals surface area contributed by atoms with Gasteiger partial charge in [-0.3, -0.25) is 0 Å². The summed E-state index contributed by atoms with van der Waals surface area (Å²) in [4.78, 5) is 21.7. The van der Waals surface area contributed by atoms with E-state index in [2.05, 4.69) is 49.4 Å². The fourth-order valence-corrected chi connectivity index (χ4v) is 2.35. The van der Waals surface area contributed by atoms with Crippen molar-refractivity contribution in [3.8, 4) is 0 Å². The highest BCUT2D eigenvalue weighted by Gasteiger charge is 2.06. The average Bonchev–Trinajstić information content (AvgIpc) is 2.58. The first-order valence-corrected chi connectivity index (χ1v) is 8.02. The molecule has 7 nitrogen and oxygen atoms in total. The Morgan fingerprint density at radius 1 is 1.04 bits per heavy atom. The maximum absolute atomic E-state index is 4.54. The number of nitrogens with one attached hydrogen (secondary N) is 2. The number of pyridine rings is 1. The molecule has 0 atom stereocenters. The second kappa shape index (κ2) is 7.16. The van der Waals surface area contributed by atoms with Crippen LogP contribution in [0.3, 0.4) is 0 Å². The van der Waals surface area contributed by atoms with Crippen LogP contribution in [0.2, 0.25) is 0 Å². The maximum Gasteiger partial charge on any atom is 0.164 e. The van der Waals surface area contributed by atoms with Gasteiger partial charge in [-0.2, -0.15) is 0 Å². The van der Waals surface area contributed by atoms with E-state index in [-0.39, 0.29) is 0 Å². The van der Waals surface area contributed by atoms with Gasteiger partial charge in [0, 0.05) is 37.0 Å². The number of nitrogens with zero attached hydrogens (tertiary/aromatic N) is 5. The third kappa shape index (κ3) is 3.73. The molecule has 0 spiro atoms. The van der Waals surface area contributed by atoms with Crippen molar-refractivity contribution in [1.29, 1.82) is 0 Å². The number of hydrogen-bond acceptors (Lipinski definition) is 7. The van der Waals surface area contributed by atoms with Gasteiger partial charge in [-0.05, 0) is 19.1 Å². The van der Waals surface area contributed by atoms with Gasteiger partial charge in [0.1, 0.15) is 23.8 Å². The van der Waals surface area contributed by atoms with E-state index in [1.165, 1.54) is 6.33 Å². The molecule has 0 bridgehead atoms. The van der Waals surface area contributed by atoms with Crippen LogP contribution in [0.5, 0.6) is 0 Å². The first kappa shape index (κ1) is 16.0. The summed E-state index contributed by atoms with van der Waals surface area (Å²) in [5.74, 6) is 2.81. The van der Waals surface area contributed by atoms with Crippen LogP contribution < -0.4 is 10.6 Å². The number of rotatable bonds is 6. The zero-order valence-corrected chi connectivity index (χ0v) is 14.1. The van der Waals surface area contributed by atoms with Gasteiger partial charge in [0.15, 0.2) is 5.65 Å². The third-order valence-electron chi connectivity index (χ3n) is 3.52. The molecule has 24 heavy (non-hydrogen) atoms. The highest BCUT2D eigenvalue weighted by atomic mass is 15.1. The van der Waals surface area contributed by atoms with Crippen LogP contribution in [0, 0.1) is 6.92 Å². The Morgan fingerprint density at radius 3 is 2.71 bits per heavy atom. The van der Waals surface area contributed by atoms with Crippen LogP contribution in [0.15, 0.2) is 30.7 Å². The zero-order valence-electron chi connectivity index (χ0n) is 14.1. The van der Waals surface area contributed by atoms with E-state index in [0.717, 1.165) is 35.1 Å². The van der Waals surface area contributed by atoms with E-state index in [1.54, 1.807) is 6.20 Å². The van der Waals surface area contributed by atoms with Crippen molar-refractivity contribution in [1.82, 2.24) is 24.9 Å². The second-order valence-electron chi connectivity index (χ2n) is 5.86. The first-order chi connectivity index (χ1) is 11.6. The standard InChI is InChI=1S/C17H21N7/c1-11(2)15-23-12(3)9-14(24-15)18-7-8-20-17-13-5-4-6-19-16(13)21-10-22-17/h4-6,9-11H,7-8H2,1-3H3,(H,18,23,24)(H,19,20,21,22). The van der Waals surface area contributed by atoms with Crippen LogP contribution in [-0.2, 0) is 0 Å². The van der Waals surface area contributed by atoms with E-state index in [9.17, 15) is 0 Å². The fraction of sp³-hybridized carbons (Fsp3) is 0.353. The number of hydrogen-bond donors (Lipinski definition) is 2. The van der Waals surface area contributed by atoms with Gasteiger partial charge in [-0.1, -0.05) is 13.8 Å². The summed E-state index contributed by atoms with van der Waals surface area (Å²) in [6, 6.07) is 5.79. The van der Waals surface area contributed by atoms with Crippen LogP contribution in [-0.4, -0.2) is 38.0 Å². The molecule has 7 heteroatoms. The lowest BCUT2D eigenvalue weighted by Crippen LogP contribution is -2.16. The van der Waals surface area contributed by atoms with Crippen LogP contribution in [0.25, 0.3) is 11.0 Å². The predicted molar refractivity (Wildman–Crippen MR) is 95.2 cm³/mol. The lowest BCUT2D eigenvalue weighted by Gasteiger charge is -2.11. The molecule has 0 unspecified atom stereocenters. The monoisotopic (exact) mass is 323 g/mol. The van der Waals surface area contributed by atoms with Crippen molar-refractivity contribution in [2.45, 2.75) is 26.7 Å². The van der Waals surface area contributed by atoms with Crippen molar-refractivity contribution in [3.05, 3.63) is 42.2 Å². The van der Waals surface area contributed by atoms with Crippen molar-refractivity contribution in [2.75, 3.05) is 23.7 Å². The molecule has 0 saturated heterocycles. The molecule has 0 aliphatic carbocycles. The number of aromatic nitrogens is 5. The van der Waals surface area contributed by atoms with Crippen LogP contribution in [0.1, 0.15) is 31.3 Å². The normalized spacial score (nSPS) is 11.0. The molecular formula is C17H21N7. The van der Waals surface area contributed by atoms with E-state index in [1.807, 2.05) is 25.1 Å². The minimum Gasteiger partial charge on any atom is -0.368 e. The van der Waals surface area contributed by atoms with Gasteiger partial charge >= 0.3 is 0 Å². The Hall–Kier alpha value is -2.83. The predicted octanol–water partition coefficient (Wildman–Crippen LogP) is 2.77. The largest absolute Gasteiger partial charge is 0.368 e. The molecule has 3 heterocycles. The highest BCUT2D eigenvalue weighted by Crippen LogP contribution is 2.16. The summed E-state index contributed by atoms with van der Waals surface area (Å²) >= 11 is 0. The molecule has 0 aliphatic heterocycles. The molecule has 124 valence electrons. The zero-order chi connectivity index (χ0) is 16.9. The Bertz CT molecular complexity index is 827.